The zero-order valence-corrected chi connectivity index (χ0v) is 10.5. The van der Waals surface area contributed by atoms with E-state index in [9.17, 15) is 0 Å². The van der Waals surface area contributed by atoms with Gasteiger partial charge in [-0.3, -0.25) is 4.98 Å². The van der Waals surface area contributed by atoms with Gasteiger partial charge in [0.25, 0.3) is 0 Å². The molecule has 1 unspecified atom stereocenters. The number of aryl methyl sites for hydroxylation is 1. The molecular weight excluding hydrogens is 200 g/mol. The number of hydrogen-bond acceptors (Lipinski definition) is 3. The fraction of sp³-hybridized carbons (Fsp3) is 0.615. The molecular formula is C13H22N2O. The predicted molar refractivity (Wildman–Crippen MR) is 66.5 cm³/mol. The molecule has 0 aromatic carbocycles. The smallest absolute Gasteiger partial charge is 0.0576 e. The molecule has 1 atom stereocenters. The van der Waals surface area contributed by atoms with E-state index in [1.807, 2.05) is 13.0 Å². The van der Waals surface area contributed by atoms with Crippen molar-refractivity contribution in [3.8, 4) is 0 Å². The summed E-state index contributed by atoms with van der Waals surface area (Å²) in [4.78, 5) is 4.57. The Morgan fingerprint density at radius 1 is 1.44 bits per heavy atom. The van der Waals surface area contributed by atoms with E-state index in [4.69, 9.17) is 4.74 Å². The van der Waals surface area contributed by atoms with Gasteiger partial charge in [-0.15, -0.1) is 0 Å². The first kappa shape index (κ1) is 13.1. The van der Waals surface area contributed by atoms with Crippen LogP contribution in [0.25, 0.3) is 0 Å². The Hall–Kier alpha value is -0.930. The molecule has 0 radical (unpaired) electrons. The van der Waals surface area contributed by atoms with Gasteiger partial charge < -0.3 is 10.1 Å². The van der Waals surface area contributed by atoms with E-state index in [1.54, 1.807) is 7.11 Å². The third-order valence-electron chi connectivity index (χ3n) is 2.56. The highest BCUT2D eigenvalue weighted by Crippen LogP contribution is 2.16. The van der Waals surface area contributed by atoms with Crippen molar-refractivity contribution < 1.29 is 4.74 Å². The fourth-order valence-electron chi connectivity index (χ4n) is 1.79. The van der Waals surface area contributed by atoms with E-state index in [2.05, 4.69) is 29.4 Å². The number of aromatic nitrogens is 1. The first-order chi connectivity index (χ1) is 7.77. The molecule has 1 N–H and O–H groups in total. The number of methoxy groups -OCH3 is 1. The molecule has 0 spiro atoms. The SMILES string of the molecule is CCNC(CCCOC)c1cccc(C)n1. The quantitative estimate of drug-likeness (QED) is 0.720. The standard InChI is InChI=1S/C13H22N2O/c1-4-14-12(9-6-10-16-3)13-8-5-7-11(2)15-13/h5,7-8,12,14H,4,6,9-10H2,1-3H3. The second-order valence-electron chi connectivity index (χ2n) is 3.95. The third-order valence-corrected chi connectivity index (χ3v) is 2.56. The molecule has 0 bridgehead atoms. The number of pyridine rings is 1. The van der Waals surface area contributed by atoms with Crippen LogP contribution in [0.2, 0.25) is 0 Å². The maximum absolute atomic E-state index is 5.08. The number of ether oxygens (including phenoxy) is 1. The molecule has 1 aromatic heterocycles. The van der Waals surface area contributed by atoms with Crippen LogP contribution in [0.5, 0.6) is 0 Å². The van der Waals surface area contributed by atoms with Crippen LogP contribution in [0.4, 0.5) is 0 Å². The molecule has 0 fully saturated rings. The summed E-state index contributed by atoms with van der Waals surface area (Å²) in [6.45, 7) is 5.93. The summed E-state index contributed by atoms with van der Waals surface area (Å²) in [7, 11) is 1.74. The van der Waals surface area contributed by atoms with Gasteiger partial charge in [-0.25, -0.2) is 0 Å². The van der Waals surface area contributed by atoms with Crippen molar-refractivity contribution in [3.05, 3.63) is 29.6 Å². The molecule has 3 heteroatoms. The molecule has 1 aromatic rings. The molecule has 0 aliphatic heterocycles. The Bertz CT molecular complexity index is 302. The maximum Gasteiger partial charge on any atom is 0.0576 e. The van der Waals surface area contributed by atoms with Crippen LogP contribution in [0.1, 0.15) is 37.2 Å². The van der Waals surface area contributed by atoms with E-state index >= 15 is 0 Å². The zero-order chi connectivity index (χ0) is 11.8. The van der Waals surface area contributed by atoms with Crippen LogP contribution in [0.3, 0.4) is 0 Å². The van der Waals surface area contributed by atoms with Gasteiger partial charge in [0.2, 0.25) is 0 Å². The number of hydrogen-bond donors (Lipinski definition) is 1. The van der Waals surface area contributed by atoms with Crippen LogP contribution in [-0.2, 0) is 4.74 Å². The molecule has 0 aliphatic carbocycles. The zero-order valence-electron chi connectivity index (χ0n) is 10.5. The van der Waals surface area contributed by atoms with Crippen LogP contribution in [0.15, 0.2) is 18.2 Å². The third kappa shape index (κ3) is 4.29. The molecule has 0 saturated carbocycles. The van der Waals surface area contributed by atoms with Crippen molar-refractivity contribution in [1.82, 2.24) is 10.3 Å². The Kier molecular flexibility index (Phi) is 6.04. The van der Waals surface area contributed by atoms with Crippen molar-refractivity contribution in [2.75, 3.05) is 20.3 Å². The largest absolute Gasteiger partial charge is 0.385 e. The maximum atomic E-state index is 5.08. The van der Waals surface area contributed by atoms with Gasteiger partial charge in [0, 0.05) is 25.5 Å². The average Bonchev–Trinajstić information content (AvgIpc) is 2.28. The monoisotopic (exact) mass is 222 g/mol. The van der Waals surface area contributed by atoms with E-state index in [0.29, 0.717) is 6.04 Å². The van der Waals surface area contributed by atoms with Crippen molar-refractivity contribution >= 4 is 0 Å². The van der Waals surface area contributed by atoms with E-state index in [1.165, 1.54) is 0 Å². The van der Waals surface area contributed by atoms with E-state index < -0.39 is 0 Å². The molecule has 0 aliphatic rings. The number of nitrogens with one attached hydrogen (secondary N) is 1. The van der Waals surface area contributed by atoms with Gasteiger partial charge in [0.15, 0.2) is 0 Å². The van der Waals surface area contributed by atoms with Crippen molar-refractivity contribution in [2.24, 2.45) is 0 Å². The van der Waals surface area contributed by atoms with Crippen molar-refractivity contribution in [1.29, 1.82) is 0 Å². The molecule has 3 nitrogen and oxygen atoms in total. The molecule has 16 heavy (non-hydrogen) atoms. The fourth-order valence-corrected chi connectivity index (χ4v) is 1.79. The molecule has 1 rings (SSSR count). The van der Waals surface area contributed by atoms with Gasteiger partial charge >= 0.3 is 0 Å². The lowest BCUT2D eigenvalue weighted by Crippen LogP contribution is -2.22. The van der Waals surface area contributed by atoms with E-state index in [0.717, 1.165) is 37.4 Å². The normalized spacial score (nSPS) is 12.7. The average molecular weight is 222 g/mol. The van der Waals surface area contributed by atoms with Gasteiger partial charge in [-0.2, -0.15) is 0 Å². The Balaban J connectivity index is 2.61. The minimum atomic E-state index is 0.347. The minimum Gasteiger partial charge on any atom is -0.385 e. The Morgan fingerprint density at radius 3 is 2.88 bits per heavy atom. The topological polar surface area (TPSA) is 34.1 Å². The van der Waals surface area contributed by atoms with Crippen molar-refractivity contribution in [3.63, 3.8) is 0 Å². The van der Waals surface area contributed by atoms with Gasteiger partial charge in [0.05, 0.1) is 5.69 Å². The predicted octanol–water partition coefficient (Wildman–Crippen LogP) is 2.47. The summed E-state index contributed by atoms with van der Waals surface area (Å²) < 4.78 is 5.08. The Morgan fingerprint density at radius 2 is 2.25 bits per heavy atom. The minimum absolute atomic E-state index is 0.347. The second kappa shape index (κ2) is 7.36. The lowest BCUT2D eigenvalue weighted by atomic mass is 10.1. The first-order valence-corrected chi connectivity index (χ1v) is 5.93. The highest BCUT2D eigenvalue weighted by molar-refractivity contribution is 5.13. The Labute approximate surface area is 98.2 Å². The second-order valence-corrected chi connectivity index (χ2v) is 3.95. The highest BCUT2D eigenvalue weighted by atomic mass is 16.5. The number of nitrogens with zero attached hydrogens (tertiary/aromatic N) is 1. The summed E-state index contributed by atoms with van der Waals surface area (Å²) in [6.07, 6.45) is 2.13. The highest BCUT2D eigenvalue weighted by Gasteiger charge is 2.10. The van der Waals surface area contributed by atoms with Crippen LogP contribution < -0.4 is 5.32 Å². The molecule has 0 amide bonds. The lowest BCUT2D eigenvalue weighted by molar-refractivity contribution is 0.188. The van der Waals surface area contributed by atoms with Gasteiger partial charge in [0.1, 0.15) is 0 Å². The van der Waals surface area contributed by atoms with Gasteiger partial charge in [-0.05, 0) is 38.4 Å². The molecule has 90 valence electrons. The first-order valence-electron chi connectivity index (χ1n) is 5.93. The van der Waals surface area contributed by atoms with E-state index in [-0.39, 0.29) is 0 Å². The summed E-state index contributed by atoms with van der Waals surface area (Å²) in [6, 6.07) is 6.53. The lowest BCUT2D eigenvalue weighted by Gasteiger charge is -2.17. The van der Waals surface area contributed by atoms with Gasteiger partial charge in [-0.1, -0.05) is 13.0 Å². The summed E-state index contributed by atoms with van der Waals surface area (Å²) >= 11 is 0. The van der Waals surface area contributed by atoms with Crippen LogP contribution >= 0.6 is 0 Å². The van der Waals surface area contributed by atoms with Crippen molar-refractivity contribution in [2.45, 2.75) is 32.7 Å². The van der Waals surface area contributed by atoms with Crippen LogP contribution in [0, 0.1) is 6.92 Å². The van der Waals surface area contributed by atoms with Crippen LogP contribution in [-0.4, -0.2) is 25.2 Å². The summed E-state index contributed by atoms with van der Waals surface area (Å²) in [5.41, 5.74) is 2.21. The number of rotatable bonds is 7. The molecule has 1 heterocycles. The summed E-state index contributed by atoms with van der Waals surface area (Å²) in [5.74, 6) is 0. The molecule has 0 saturated heterocycles. The summed E-state index contributed by atoms with van der Waals surface area (Å²) in [5, 5.41) is 3.47.